The van der Waals surface area contributed by atoms with E-state index in [0.29, 0.717) is 5.92 Å². The van der Waals surface area contributed by atoms with E-state index >= 15 is 0 Å². The maximum absolute atomic E-state index is 12.9. The van der Waals surface area contributed by atoms with Gasteiger partial charge in [-0.1, -0.05) is 25.3 Å². The molecule has 0 radical (unpaired) electrons. The Balaban J connectivity index is 1.33. The van der Waals surface area contributed by atoms with Crippen LogP contribution in [0.4, 0.5) is 0 Å². The third kappa shape index (κ3) is 4.28. The zero-order valence-electron chi connectivity index (χ0n) is 16.1. The highest BCUT2D eigenvalue weighted by Gasteiger charge is 2.36. The van der Waals surface area contributed by atoms with E-state index in [4.69, 9.17) is 0 Å². The van der Waals surface area contributed by atoms with Crippen LogP contribution in [0.1, 0.15) is 75.2 Å². The molecule has 3 aliphatic rings. The zero-order chi connectivity index (χ0) is 17.9. The van der Waals surface area contributed by atoms with Gasteiger partial charge in [0.25, 0.3) is 0 Å². The number of carbonyl (C=O) groups is 1. The lowest BCUT2D eigenvalue weighted by Crippen LogP contribution is -2.46. The summed E-state index contributed by atoms with van der Waals surface area (Å²) >= 11 is 0. The molecule has 2 aliphatic carbocycles. The highest BCUT2D eigenvalue weighted by molar-refractivity contribution is 5.79. The molecule has 2 saturated carbocycles. The molecule has 4 rings (SSSR count). The van der Waals surface area contributed by atoms with Crippen LogP contribution in [-0.4, -0.2) is 34.9 Å². The van der Waals surface area contributed by atoms with Gasteiger partial charge in [-0.15, -0.1) is 0 Å². The SMILES string of the molecule is Cc1cccc([C@H](NC(=O)C2CCN(C3CCCCC3)CC2)C2CC2)n1. The van der Waals surface area contributed by atoms with E-state index in [1.54, 1.807) is 0 Å². The van der Waals surface area contributed by atoms with Crippen LogP contribution in [0.25, 0.3) is 0 Å². The minimum absolute atomic E-state index is 0.110. The molecule has 1 aliphatic heterocycles. The summed E-state index contributed by atoms with van der Waals surface area (Å²) in [6, 6.07) is 7.04. The molecule has 1 aromatic rings. The first-order valence-electron chi connectivity index (χ1n) is 10.7. The van der Waals surface area contributed by atoms with Crippen molar-refractivity contribution in [2.75, 3.05) is 13.1 Å². The second-order valence-corrected chi connectivity index (χ2v) is 8.63. The van der Waals surface area contributed by atoms with Crippen LogP contribution in [0.15, 0.2) is 18.2 Å². The van der Waals surface area contributed by atoms with Crippen LogP contribution in [0.5, 0.6) is 0 Å². The van der Waals surface area contributed by atoms with Crippen LogP contribution in [0.3, 0.4) is 0 Å². The molecule has 1 saturated heterocycles. The Morgan fingerprint density at radius 2 is 1.81 bits per heavy atom. The zero-order valence-corrected chi connectivity index (χ0v) is 16.1. The van der Waals surface area contributed by atoms with E-state index < -0.39 is 0 Å². The van der Waals surface area contributed by atoms with Gasteiger partial charge in [0, 0.05) is 17.7 Å². The van der Waals surface area contributed by atoms with E-state index in [2.05, 4.69) is 27.3 Å². The summed E-state index contributed by atoms with van der Waals surface area (Å²) in [5, 5.41) is 3.37. The lowest BCUT2D eigenvalue weighted by atomic mass is 9.89. The summed E-state index contributed by atoms with van der Waals surface area (Å²) < 4.78 is 0. The van der Waals surface area contributed by atoms with E-state index in [9.17, 15) is 4.79 Å². The second-order valence-electron chi connectivity index (χ2n) is 8.63. The maximum atomic E-state index is 12.9. The van der Waals surface area contributed by atoms with Crippen LogP contribution in [-0.2, 0) is 4.79 Å². The molecule has 1 aromatic heterocycles. The van der Waals surface area contributed by atoms with Crippen molar-refractivity contribution in [3.05, 3.63) is 29.6 Å². The van der Waals surface area contributed by atoms with Crippen molar-refractivity contribution in [3.63, 3.8) is 0 Å². The van der Waals surface area contributed by atoms with E-state index in [0.717, 1.165) is 43.4 Å². The average molecular weight is 356 g/mol. The van der Waals surface area contributed by atoms with Gasteiger partial charge in [0.2, 0.25) is 5.91 Å². The predicted octanol–water partition coefficient (Wildman–Crippen LogP) is 4.00. The number of hydrogen-bond donors (Lipinski definition) is 1. The Labute approximate surface area is 157 Å². The lowest BCUT2D eigenvalue weighted by molar-refractivity contribution is -0.127. The van der Waals surface area contributed by atoms with Gasteiger partial charge < -0.3 is 10.2 Å². The number of hydrogen-bond acceptors (Lipinski definition) is 3. The van der Waals surface area contributed by atoms with Gasteiger partial charge in [0.05, 0.1) is 11.7 Å². The van der Waals surface area contributed by atoms with Crippen molar-refractivity contribution >= 4 is 5.91 Å². The molecule has 1 atom stereocenters. The van der Waals surface area contributed by atoms with Gasteiger partial charge in [0.1, 0.15) is 0 Å². The topological polar surface area (TPSA) is 45.2 Å². The minimum atomic E-state index is 0.110. The Bertz CT molecular complexity index is 614. The molecule has 2 heterocycles. The fourth-order valence-corrected chi connectivity index (χ4v) is 4.84. The van der Waals surface area contributed by atoms with Crippen molar-refractivity contribution in [2.24, 2.45) is 11.8 Å². The smallest absolute Gasteiger partial charge is 0.223 e. The number of aromatic nitrogens is 1. The fourth-order valence-electron chi connectivity index (χ4n) is 4.84. The molecule has 4 nitrogen and oxygen atoms in total. The monoisotopic (exact) mass is 355 g/mol. The molecular formula is C22H33N3O. The van der Waals surface area contributed by atoms with Crippen LogP contribution >= 0.6 is 0 Å². The quantitative estimate of drug-likeness (QED) is 0.868. The van der Waals surface area contributed by atoms with Crippen LogP contribution in [0, 0.1) is 18.8 Å². The Morgan fingerprint density at radius 3 is 2.46 bits per heavy atom. The number of aryl methyl sites for hydroxylation is 1. The van der Waals surface area contributed by atoms with Gasteiger partial charge in [0.15, 0.2) is 0 Å². The van der Waals surface area contributed by atoms with E-state index in [1.165, 1.54) is 44.9 Å². The lowest BCUT2D eigenvalue weighted by Gasteiger charge is -2.39. The third-order valence-corrected chi connectivity index (χ3v) is 6.61. The third-order valence-electron chi connectivity index (χ3n) is 6.61. The van der Waals surface area contributed by atoms with Crippen molar-refractivity contribution in [1.29, 1.82) is 0 Å². The average Bonchev–Trinajstić information content (AvgIpc) is 3.52. The van der Waals surface area contributed by atoms with E-state index in [-0.39, 0.29) is 17.9 Å². The van der Waals surface area contributed by atoms with E-state index in [1.807, 2.05) is 13.0 Å². The summed E-state index contributed by atoms with van der Waals surface area (Å²) in [6.07, 6.45) is 11.4. The molecule has 142 valence electrons. The Morgan fingerprint density at radius 1 is 1.08 bits per heavy atom. The first-order chi connectivity index (χ1) is 12.7. The van der Waals surface area contributed by atoms with Crippen molar-refractivity contribution < 1.29 is 4.79 Å². The standard InChI is InChI=1S/C22H33N3O/c1-16-6-5-9-20(23-16)21(17-10-11-17)24-22(26)18-12-14-25(15-13-18)19-7-3-2-4-8-19/h5-6,9,17-19,21H,2-4,7-8,10-15H2,1H3,(H,24,26)/t21-/m1/s1. The number of pyridine rings is 1. The number of likely N-dealkylation sites (tertiary alicyclic amines) is 1. The number of amides is 1. The maximum Gasteiger partial charge on any atom is 0.223 e. The summed E-state index contributed by atoms with van der Waals surface area (Å²) in [5.41, 5.74) is 2.07. The molecule has 3 fully saturated rings. The normalized spacial score (nSPS) is 24.3. The second kappa shape index (κ2) is 8.08. The highest BCUT2D eigenvalue weighted by Crippen LogP contribution is 2.41. The van der Waals surface area contributed by atoms with Gasteiger partial charge in [-0.2, -0.15) is 0 Å². The summed E-state index contributed by atoms with van der Waals surface area (Å²) in [6.45, 7) is 4.22. The van der Waals surface area contributed by atoms with Crippen molar-refractivity contribution in [3.8, 4) is 0 Å². The van der Waals surface area contributed by atoms with Crippen molar-refractivity contribution in [2.45, 2.75) is 76.8 Å². The number of nitrogens with zero attached hydrogens (tertiary/aromatic N) is 2. The largest absolute Gasteiger partial charge is 0.347 e. The van der Waals surface area contributed by atoms with Crippen molar-refractivity contribution in [1.82, 2.24) is 15.2 Å². The molecule has 0 spiro atoms. The Hall–Kier alpha value is -1.42. The van der Waals surface area contributed by atoms with Crippen LogP contribution in [0.2, 0.25) is 0 Å². The molecule has 4 heteroatoms. The summed E-state index contributed by atoms with van der Waals surface area (Å²) in [4.78, 5) is 20.3. The van der Waals surface area contributed by atoms with Gasteiger partial charge in [-0.25, -0.2) is 0 Å². The van der Waals surface area contributed by atoms with Gasteiger partial charge in [-0.3, -0.25) is 9.78 Å². The van der Waals surface area contributed by atoms with Crippen LogP contribution < -0.4 is 5.32 Å². The Kier molecular flexibility index (Phi) is 5.58. The summed E-state index contributed by atoms with van der Waals surface area (Å²) in [7, 11) is 0. The molecule has 1 amide bonds. The van der Waals surface area contributed by atoms with Gasteiger partial charge in [-0.05, 0) is 76.6 Å². The molecule has 26 heavy (non-hydrogen) atoms. The number of carbonyl (C=O) groups excluding carboxylic acids is 1. The molecule has 1 N–H and O–H groups in total. The molecule has 0 aromatic carbocycles. The first-order valence-corrected chi connectivity index (χ1v) is 10.7. The van der Waals surface area contributed by atoms with Gasteiger partial charge >= 0.3 is 0 Å². The first kappa shape index (κ1) is 18.0. The number of nitrogens with one attached hydrogen (secondary N) is 1. The number of rotatable bonds is 5. The fraction of sp³-hybridized carbons (Fsp3) is 0.727. The molecular weight excluding hydrogens is 322 g/mol. The molecule has 0 unspecified atom stereocenters. The number of piperidine rings is 1. The summed E-state index contributed by atoms with van der Waals surface area (Å²) in [5.74, 6) is 1.02. The minimum Gasteiger partial charge on any atom is -0.347 e. The highest BCUT2D eigenvalue weighted by atomic mass is 16.2. The predicted molar refractivity (Wildman–Crippen MR) is 104 cm³/mol. The molecule has 0 bridgehead atoms.